The highest BCUT2D eigenvalue weighted by Crippen LogP contribution is 2.77. The van der Waals surface area contributed by atoms with Crippen LogP contribution < -0.4 is 0 Å². The molecule has 6 rings (SSSR count). The lowest BCUT2D eigenvalue weighted by atomic mass is 9.35. The Bertz CT molecular complexity index is 764. The van der Waals surface area contributed by atoms with E-state index in [1.54, 1.807) is 0 Å². The highest BCUT2D eigenvalue weighted by atomic mass is 16.8. The summed E-state index contributed by atoms with van der Waals surface area (Å²) in [5, 5.41) is 45.9. The van der Waals surface area contributed by atoms with Crippen LogP contribution in [-0.4, -0.2) is 63.7 Å². The van der Waals surface area contributed by atoms with E-state index in [1.165, 1.54) is 7.11 Å². The maximum atomic E-state index is 13.5. The van der Waals surface area contributed by atoms with Crippen molar-refractivity contribution in [3.05, 3.63) is 12.2 Å². The van der Waals surface area contributed by atoms with Crippen molar-refractivity contribution >= 4 is 5.78 Å². The van der Waals surface area contributed by atoms with E-state index in [9.17, 15) is 25.2 Å². The summed E-state index contributed by atoms with van der Waals surface area (Å²) < 4.78 is 11.6. The number of methoxy groups -OCH3 is 1. The summed E-state index contributed by atoms with van der Waals surface area (Å²) in [6.07, 6.45) is -2.32. The fraction of sp³-hybridized carbons (Fsp3) is 0.857. The first kappa shape index (κ1) is 19.2. The Labute approximate surface area is 164 Å². The number of ketones is 1. The summed E-state index contributed by atoms with van der Waals surface area (Å²) in [5.74, 6) is -4.34. The number of carbonyl (C=O) groups excluding carboxylic acids is 1. The predicted octanol–water partition coefficient (Wildman–Crippen LogP) is 0.348. The maximum absolute atomic E-state index is 13.5. The Morgan fingerprint density at radius 2 is 1.82 bits per heavy atom. The van der Waals surface area contributed by atoms with E-state index in [2.05, 4.69) is 6.58 Å². The third-order valence-electron chi connectivity index (χ3n) is 9.12. The van der Waals surface area contributed by atoms with Crippen molar-refractivity contribution in [3.8, 4) is 0 Å². The number of Topliss-reactive ketones (excluding diaryl/α,β-unsaturated/α-hetero) is 1. The molecule has 2 heterocycles. The molecule has 0 aromatic carbocycles. The van der Waals surface area contributed by atoms with E-state index in [4.69, 9.17) is 9.47 Å². The van der Waals surface area contributed by atoms with Crippen molar-refractivity contribution in [2.45, 2.75) is 69.9 Å². The number of rotatable bonds is 1. The lowest BCUT2D eigenvalue weighted by Crippen LogP contribution is -2.87. The molecule has 2 spiro atoms. The Hall–Kier alpha value is -0.830. The second-order valence-corrected chi connectivity index (χ2v) is 10.3. The molecule has 0 aromatic heterocycles. The van der Waals surface area contributed by atoms with Gasteiger partial charge in [0.1, 0.15) is 11.5 Å². The van der Waals surface area contributed by atoms with E-state index in [0.717, 1.165) is 0 Å². The largest absolute Gasteiger partial charge is 0.392 e. The summed E-state index contributed by atoms with van der Waals surface area (Å²) in [6.45, 7) is 7.91. The van der Waals surface area contributed by atoms with Gasteiger partial charge in [-0.25, -0.2) is 0 Å². The number of aliphatic hydroxyl groups is 4. The molecule has 0 aromatic rings. The number of hydrogen-bond donors (Lipinski definition) is 4. The van der Waals surface area contributed by atoms with Crippen LogP contribution in [0.3, 0.4) is 0 Å². The van der Waals surface area contributed by atoms with Gasteiger partial charge in [0.05, 0.1) is 17.6 Å². The summed E-state index contributed by atoms with van der Waals surface area (Å²) in [5.41, 5.74) is -2.98. The SMILES string of the molecule is C=C1C(=O)[C@]23[C@H](CC[C@H]1[C@@H]2O)[C@]12[C@H](OC)O[C@@]3(O)[C@H](O)[C@H]1C(C)(C)CC[C@H]2O. The van der Waals surface area contributed by atoms with Gasteiger partial charge in [0, 0.05) is 18.9 Å². The smallest absolute Gasteiger partial charge is 0.211 e. The van der Waals surface area contributed by atoms with Crippen LogP contribution in [0.15, 0.2) is 12.2 Å². The van der Waals surface area contributed by atoms with Crippen molar-refractivity contribution < 1.29 is 34.7 Å². The fourth-order valence-electron chi connectivity index (χ4n) is 8.19. The summed E-state index contributed by atoms with van der Waals surface area (Å²) in [6, 6.07) is 0. The number of fused-ring (bicyclic) bond motifs is 2. The molecular formula is C21H30O7. The first-order chi connectivity index (χ1) is 13.0. The van der Waals surface area contributed by atoms with E-state index >= 15 is 0 Å². The summed E-state index contributed by atoms with van der Waals surface area (Å²) in [7, 11) is 1.45. The van der Waals surface area contributed by atoms with Gasteiger partial charge in [0.15, 0.2) is 12.1 Å². The third-order valence-corrected chi connectivity index (χ3v) is 9.12. The third kappa shape index (κ3) is 1.59. The molecular weight excluding hydrogens is 364 g/mol. The molecule has 2 aliphatic heterocycles. The number of carbonyl (C=O) groups is 1. The molecule has 4 saturated carbocycles. The van der Waals surface area contributed by atoms with E-state index in [-0.39, 0.29) is 5.57 Å². The van der Waals surface area contributed by atoms with Crippen LogP contribution in [-0.2, 0) is 14.3 Å². The standard InChI is InChI=1S/C21H30O7/c1-9-10-5-6-11-19-12(22)7-8-18(2,3)13(19)16(25)21(26,28-17(19)27-4)20(11,14(9)23)15(10)24/h10-13,15-17,22,24-26H,1,5-8H2,2-4H3/t10-,11-,12-,13+,15+,16-,17-,19-,20-,21+/m1/s1. The molecule has 156 valence electrons. The molecule has 4 aliphatic carbocycles. The quantitative estimate of drug-likeness (QED) is 0.474. The van der Waals surface area contributed by atoms with Crippen LogP contribution in [0.4, 0.5) is 0 Å². The fourth-order valence-corrected chi connectivity index (χ4v) is 8.19. The average Bonchev–Trinajstić information content (AvgIpc) is 2.75. The van der Waals surface area contributed by atoms with Gasteiger partial charge in [-0.05, 0) is 42.6 Å². The van der Waals surface area contributed by atoms with Crippen LogP contribution in [0.25, 0.3) is 0 Å². The van der Waals surface area contributed by atoms with Gasteiger partial charge in [-0.1, -0.05) is 20.4 Å². The number of hydrogen-bond acceptors (Lipinski definition) is 7. The van der Waals surface area contributed by atoms with Crippen LogP contribution in [0.5, 0.6) is 0 Å². The summed E-state index contributed by atoms with van der Waals surface area (Å²) in [4.78, 5) is 13.5. The molecule has 28 heavy (non-hydrogen) atoms. The van der Waals surface area contributed by atoms with Crippen LogP contribution >= 0.6 is 0 Å². The average molecular weight is 394 g/mol. The molecule has 10 atom stereocenters. The minimum absolute atomic E-state index is 0.276. The Kier molecular flexibility index (Phi) is 3.59. The normalized spacial score (nSPS) is 59.2. The van der Waals surface area contributed by atoms with E-state index < -0.39 is 70.2 Å². The minimum atomic E-state index is -2.30. The van der Waals surface area contributed by atoms with Crippen molar-refractivity contribution in [1.82, 2.24) is 0 Å². The van der Waals surface area contributed by atoms with Gasteiger partial charge in [0.25, 0.3) is 0 Å². The molecule has 2 saturated heterocycles. The lowest BCUT2D eigenvalue weighted by molar-refractivity contribution is -0.509. The van der Waals surface area contributed by atoms with Crippen molar-refractivity contribution in [2.75, 3.05) is 7.11 Å². The molecule has 0 radical (unpaired) electrons. The van der Waals surface area contributed by atoms with Crippen molar-refractivity contribution in [1.29, 1.82) is 0 Å². The predicted molar refractivity (Wildman–Crippen MR) is 96.6 cm³/mol. The number of aliphatic hydroxyl groups excluding tert-OH is 3. The Morgan fingerprint density at radius 3 is 2.46 bits per heavy atom. The van der Waals surface area contributed by atoms with Crippen LogP contribution in [0, 0.1) is 34.0 Å². The monoisotopic (exact) mass is 394 g/mol. The Morgan fingerprint density at radius 1 is 1.14 bits per heavy atom. The van der Waals surface area contributed by atoms with E-state index in [0.29, 0.717) is 25.7 Å². The van der Waals surface area contributed by atoms with Gasteiger partial charge < -0.3 is 29.9 Å². The van der Waals surface area contributed by atoms with Crippen LogP contribution in [0.2, 0.25) is 0 Å². The Balaban J connectivity index is 1.85. The molecule has 7 nitrogen and oxygen atoms in total. The zero-order valence-corrected chi connectivity index (χ0v) is 16.6. The van der Waals surface area contributed by atoms with Gasteiger partial charge in [-0.15, -0.1) is 0 Å². The van der Waals surface area contributed by atoms with Crippen molar-refractivity contribution in [3.63, 3.8) is 0 Å². The van der Waals surface area contributed by atoms with Gasteiger partial charge >= 0.3 is 0 Å². The molecule has 6 aliphatic rings. The topological polar surface area (TPSA) is 116 Å². The zero-order chi connectivity index (χ0) is 20.4. The second kappa shape index (κ2) is 5.25. The molecule has 6 fully saturated rings. The first-order valence-corrected chi connectivity index (χ1v) is 10.2. The van der Waals surface area contributed by atoms with Gasteiger partial charge in [0.2, 0.25) is 5.79 Å². The lowest BCUT2D eigenvalue weighted by Gasteiger charge is -2.76. The first-order valence-electron chi connectivity index (χ1n) is 10.2. The van der Waals surface area contributed by atoms with E-state index in [1.807, 2.05) is 13.8 Å². The molecule has 4 N–H and O–H groups in total. The second-order valence-electron chi connectivity index (χ2n) is 10.3. The molecule has 7 heteroatoms. The molecule has 4 bridgehead atoms. The van der Waals surface area contributed by atoms with Gasteiger partial charge in [-0.2, -0.15) is 0 Å². The molecule has 0 unspecified atom stereocenters. The van der Waals surface area contributed by atoms with Crippen molar-refractivity contribution in [2.24, 2.45) is 34.0 Å². The maximum Gasteiger partial charge on any atom is 0.211 e. The minimum Gasteiger partial charge on any atom is -0.392 e. The van der Waals surface area contributed by atoms with Gasteiger partial charge in [-0.3, -0.25) is 4.79 Å². The highest BCUT2D eigenvalue weighted by molar-refractivity contribution is 6.05. The summed E-state index contributed by atoms with van der Waals surface area (Å²) >= 11 is 0. The highest BCUT2D eigenvalue weighted by Gasteiger charge is 2.89. The molecule has 0 amide bonds. The van der Waals surface area contributed by atoms with Crippen LogP contribution in [0.1, 0.15) is 39.5 Å². The zero-order valence-electron chi connectivity index (χ0n) is 16.6. The number of ether oxygens (including phenoxy) is 2.